The number of rotatable bonds is 7. The number of fused-ring (bicyclic) bond motifs is 1. The van der Waals surface area contributed by atoms with Crippen molar-refractivity contribution in [3.8, 4) is 0 Å². The highest BCUT2D eigenvalue weighted by Crippen LogP contribution is 2.19. The second-order valence-electron chi connectivity index (χ2n) is 6.38. The van der Waals surface area contributed by atoms with Crippen LogP contribution in [0.1, 0.15) is 19.2 Å². The highest BCUT2D eigenvalue weighted by molar-refractivity contribution is 5.98. The Balaban J connectivity index is 1.67. The molecule has 1 N–H and O–H groups in total. The molecule has 0 bridgehead atoms. The first-order chi connectivity index (χ1) is 14.4. The molecule has 156 valence electrons. The molecule has 3 aromatic rings. The van der Waals surface area contributed by atoms with Gasteiger partial charge in [0.25, 0.3) is 0 Å². The monoisotopic (exact) mass is 417 g/mol. The Morgan fingerprint density at radius 3 is 2.63 bits per heavy atom. The van der Waals surface area contributed by atoms with Crippen LogP contribution in [0.4, 0.5) is 18.9 Å². The fourth-order valence-corrected chi connectivity index (χ4v) is 2.73. The molecule has 0 atom stereocenters. The zero-order valence-corrected chi connectivity index (χ0v) is 16.0. The first kappa shape index (κ1) is 21.1. The van der Waals surface area contributed by atoms with Gasteiger partial charge in [-0.25, -0.2) is 18.2 Å². The molecule has 1 heterocycles. The van der Waals surface area contributed by atoms with Gasteiger partial charge in [0.2, 0.25) is 17.7 Å². The number of carbonyl (C=O) groups is 2. The molecule has 3 rings (SSSR count). The van der Waals surface area contributed by atoms with E-state index in [9.17, 15) is 22.8 Å². The number of aromatic nitrogens is 1. The van der Waals surface area contributed by atoms with E-state index in [1.54, 1.807) is 24.3 Å². The highest BCUT2D eigenvalue weighted by atomic mass is 19.2. The topological polar surface area (TPSA) is 75.4 Å². The number of oxazole rings is 1. The lowest BCUT2D eigenvalue weighted by Crippen LogP contribution is -2.37. The van der Waals surface area contributed by atoms with E-state index >= 15 is 0 Å². The number of anilines is 1. The van der Waals surface area contributed by atoms with Gasteiger partial charge >= 0.3 is 0 Å². The van der Waals surface area contributed by atoms with Gasteiger partial charge in [0.1, 0.15) is 12.1 Å². The number of hydrogen-bond acceptors (Lipinski definition) is 4. The van der Waals surface area contributed by atoms with Crippen molar-refractivity contribution < 1.29 is 27.2 Å². The van der Waals surface area contributed by atoms with Crippen molar-refractivity contribution in [1.82, 2.24) is 9.88 Å². The third-order valence-corrected chi connectivity index (χ3v) is 4.13. The minimum Gasteiger partial charge on any atom is -0.437 e. The molecule has 0 aliphatic heterocycles. The summed E-state index contributed by atoms with van der Waals surface area (Å²) in [5.74, 6) is -5.56. The van der Waals surface area contributed by atoms with E-state index in [0.717, 1.165) is 6.07 Å². The largest absolute Gasteiger partial charge is 0.437 e. The SMILES string of the molecule is CCCN(CC(=O)Nc1ccc(F)c(F)c1F)C(=O)/C=C/c1nc2ccccc2o1. The Labute approximate surface area is 170 Å². The number of hydrogen-bond donors (Lipinski definition) is 1. The van der Waals surface area contributed by atoms with E-state index in [1.807, 2.05) is 6.92 Å². The van der Waals surface area contributed by atoms with Gasteiger partial charge in [-0.15, -0.1) is 0 Å². The predicted molar refractivity (Wildman–Crippen MR) is 105 cm³/mol. The van der Waals surface area contributed by atoms with Gasteiger partial charge in [0.15, 0.2) is 23.0 Å². The third-order valence-electron chi connectivity index (χ3n) is 4.13. The summed E-state index contributed by atoms with van der Waals surface area (Å²) in [6, 6.07) is 8.72. The molecule has 0 fully saturated rings. The summed E-state index contributed by atoms with van der Waals surface area (Å²) < 4.78 is 45.5. The van der Waals surface area contributed by atoms with Gasteiger partial charge in [0.05, 0.1) is 5.69 Å². The molecule has 6 nitrogen and oxygen atoms in total. The first-order valence-electron chi connectivity index (χ1n) is 9.15. The average Bonchev–Trinajstić information content (AvgIpc) is 3.15. The standard InChI is InChI=1S/C21H18F3N3O3/c1-2-11-27(12-17(28)25-15-8-7-13(22)20(23)21(15)24)19(29)10-9-18-26-14-5-3-4-6-16(14)30-18/h3-10H,2,11-12H2,1H3,(H,25,28)/b10-9+. The summed E-state index contributed by atoms with van der Waals surface area (Å²) in [5.41, 5.74) is 0.704. The van der Waals surface area contributed by atoms with E-state index in [4.69, 9.17) is 4.42 Å². The third kappa shape index (κ3) is 4.86. The molecule has 2 amide bonds. The average molecular weight is 417 g/mol. The van der Waals surface area contributed by atoms with Gasteiger partial charge in [0, 0.05) is 18.7 Å². The van der Waals surface area contributed by atoms with Crippen LogP contribution in [0.25, 0.3) is 17.2 Å². The Bertz CT molecular complexity index is 1080. The number of benzene rings is 2. The van der Waals surface area contributed by atoms with Crippen LogP contribution in [0.2, 0.25) is 0 Å². The molecule has 0 aliphatic rings. The summed E-state index contributed by atoms with van der Waals surface area (Å²) in [6.07, 6.45) is 3.17. The molecule has 1 aromatic heterocycles. The second-order valence-corrected chi connectivity index (χ2v) is 6.38. The van der Waals surface area contributed by atoms with Crippen LogP contribution >= 0.6 is 0 Å². The van der Waals surface area contributed by atoms with E-state index in [2.05, 4.69) is 10.3 Å². The van der Waals surface area contributed by atoms with Crippen LogP contribution in [-0.2, 0) is 9.59 Å². The minimum absolute atomic E-state index is 0.231. The Morgan fingerprint density at radius 2 is 1.90 bits per heavy atom. The Hall–Kier alpha value is -3.62. The quantitative estimate of drug-likeness (QED) is 0.463. The number of halogens is 3. The van der Waals surface area contributed by atoms with Crippen LogP contribution in [0.5, 0.6) is 0 Å². The number of carbonyl (C=O) groups excluding carboxylic acids is 2. The maximum absolute atomic E-state index is 13.7. The summed E-state index contributed by atoms with van der Waals surface area (Å²) >= 11 is 0. The van der Waals surface area contributed by atoms with Crippen LogP contribution in [0, 0.1) is 17.5 Å². The molecule has 2 aromatic carbocycles. The zero-order valence-electron chi connectivity index (χ0n) is 16.0. The van der Waals surface area contributed by atoms with Crippen molar-refractivity contribution >= 4 is 34.7 Å². The van der Waals surface area contributed by atoms with E-state index < -0.39 is 41.5 Å². The molecule has 0 spiro atoms. The smallest absolute Gasteiger partial charge is 0.247 e. The van der Waals surface area contributed by atoms with Gasteiger partial charge < -0.3 is 14.6 Å². The van der Waals surface area contributed by atoms with Crippen molar-refractivity contribution in [1.29, 1.82) is 0 Å². The van der Waals surface area contributed by atoms with Gasteiger partial charge in [-0.05, 0) is 30.7 Å². The van der Waals surface area contributed by atoms with E-state index in [1.165, 1.54) is 17.1 Å². The van der Waals surface area contributed by atoms with Crippen molar-refractivity contribution in [2.45, 2.75) is 13.3 Å². The lowest BCUT2D eigenvalue weighted by atomic mass is 10.2. The van der Waals surface area contributed by atoms with Crippen LogP contribution < -0.4 is 5.32 Å². The second kappa shape index (κ2) is 9.25. The molecule has 0 aliphatic carbocycles. The maximum Gasteiger partial charge on any atom is 0.247 e. The van der Waals surface area contributed by atoms with Crippen molar-refractivity contribution in [2.75, 3.05) is 18.4 Å². The highest BCUT2D eigenvalue weighted by Gasteiger charge is 2.18. The molecule has 0 saturated carbocycles. The van der Waals surface area contributed by atoms with Gasteiger partial charge in [-0.2, -0.15) is 0 Å². The van der Waals surface area contributed by atoms with Gasteiger partial charge in [-0.1, -0.05) is 19.1 Å². The number of nitrogens with one attached hydrogen (secondary N) is 1. The fourth-order valence-electron chi connectivity index (χ4n) is 2.73. The molecular formula is C21H18F3N3O3. The summed E-state index contributed by atoms with van der Waals surface area (Å²) in [5, 5.41) is 2.14. The first-order valence-corrected chi connectivity index (χ1v) is 9.15. The van der Waals surface area contributed by atoms with Crippen LogP contribution in [0.15, 0.2) is 46.9 Å². The minimum atomic E-state index is -1.68. The van der Waals surface area contributed by atoms with Gasteiger partial charge in [-0.3, -0.25) is 9.59 Å². The lowest BCUT2D eigenvalue weighted by Gasteiger charge is -2.20. The van der Waals surface area contributed by atoms with Crippen molar-refractivity contribution in [3.05, 3.63) is 65.8 Å². The predicted octanol–water partition coefficient (Wildman–Crippen LogP) is 4.14. The van der Waals surface area contributed by atoms with E-state index in [-0.39, 0.29) is 12.4 Å². The molecular weight excluding hydrogens is 399 g/mol. The summed E-state index contributed by atoms with van der Waals surface area (Å²) in [6.45, 7) is 1.67. The normalized spacial score (nSPS) is 11.2. The zero-order chi connectivity index (χ0) is 21.7. The summed E-state index contributed by atoms with van der Waals surface area (Å²) in [4.78, 5) is 30.1. The molecule has 9 heteroatoms. The van der Waals surface area contributed by atoms with Crippen LogP contribution in [0.3, 0.4) is 0 Å². The van der Waals surface area contributed by atoms with E-state index in [0.29, 0.717) is 23.6 Å². The number of para-hydroxylation sites is 2. The Kier molecular flexibility index (Phi) is 6.51. The van der Waals surface area contributed by atoms with Crippen molar-refractivity contribution in [3.63, 3.8) is 0 Å². The molecule has 30 heavy (non-hydrogen) atoms. The van der Waals surface area contributed by atoms with Crippen LogP contribution in [-0.4, -0.2) is 34.8 Å². The summed E-state index contributed by atoms with van der Waals surface area (Å²) in [7, 11) is 0. The molecule has 0 saturated heterocycles. The lowest BCUT2D eigenvalue weighted by molar-refractivity contribution is -0.130. The maximum atomic E-state index is 13.7. The molecule has 0 radical (unpaired) electrons. The Morgan fingerprint density at radius 1 is 1.13 bits per heavy atom. The molecule has 0 unspecified atom stereocenters. The fraction of sp³-hybridized carbons (Fsp3) is 0.190. The van der Waals surface area contributed by atoms with Crippen molar-refractivity contribution in [2.24, 2.45) is 0 Å². The number of nitrogens with zero attached hydrogens (tertiary/aromatic N) is 2. The number of amides is 2.